The van der Waals surface area contributed by atoms with E-state index in [9.17, 15) is 13.2 Å². The second-order valence-electron chi connectivity index (χ2n) is 9.98. The van der Waals surface area contributed by atoms with Crippen molar-refractivity contribution in [1.82, 2.24) is 0 Å². The Kier molecular flexibility index (Phi) is 8.08. The maximum absolute atomic E-state index is 15.3. The Morgan fingerprint density at radius 2 is 1.46 bits per heavy atom. The summed E-state index contributed by atoms with van der Waals surface area (Å²) in [6, 6.07) is 7.84. The zero-order valence-corrected chi connectivity index (χ0v) is 22.0. The normalized spacial score (nSPS) is 12.3. The standard InChI is InChI=1S/C29H28ClF5N2/c1-14-15(2)27(34)28(35)24(26(14)33)25(29(5,6)7)17(4)36-19-9-10-21(30)20(13-19)16(3)37-23-11-8-18(31)12-22(23)32/h8-13,25,36-37H,3-4H2,1-2,5-7H3. The largest absolute Gasteiger partial charge is 0.359 e. The van der Waals surface area contributed by atoms with Crippen molar-refractivity contribution in [3.63, 3.8) is 0 Å². The first kappa shape index (κ1) is 28.3. The zero-order valence-electron chi connectivity index (χ0n) is 21.2. The summed E-state index contributed by atoms with van der Waals surface area (Å²) in [5.74, 6) is -5.65. The van der Waals surface area contributed by atoms with Crippen LogP contribution in [0.15, 0.2) is 55.3 Å². The molecule has 0 aliphatic heterocycles. The summed E-state index contributed by atoms with van der Waals surface area (Å²) in [6.07, 6.45) is 0. The van der Waals surface area contributed by atoms with E-state index in [4.69, 9.17) is 11.6 Å². The summed E-state index contributed by atoms with van der Waals surface area (Å²) in [7, 11) is 0. The molecule has 0 bridgehead atoms. The lowest BCUT2D eigenvalue weighted by molar-refractivity contribution is 0.331. The van der Waals surface area contributed by atoms with Crippen molar-refractivity contribution in [2.45, 2.75) is 40.5 Å². The number of hydrogen-bond donors (Lipinski definition) is 2. The Labute approximate surface area is 218 Å². The fourth-order valence-corrected chi connectivity index (χ4v) is 4.44. The molecule has 37 heavy (non-hydrogen) atoms. The van der Waals surface area contributed by atoms with Gasteiger partial charge in [0, 0.05) is 40.2 Å². The van der Waals surface area contributed by atoms with Crippen LogP contribution in [-0.2, 0) is 0 Å². The molecule has 0 saturated heterocycles. The topological polar surface area (TPSA) is 24.1 Å². The molecular weight excluding hydrogens is 507 g/mol. The molecule has 3 rings (SSSR count). The van der Waals surface area contributed by atoms with Gasteiger partial charge in [-0.25, -0.2) is 22.0 Å². The van der Waals surface area contributed by atoms with E-state index in [0.717, 1.165) is 12.1 Å². The molecule has 8 heteroatoms. The average Bonchev–Trinajstić information content (AvgIpc) is 2.81. The maximum Gasteiger partial charge on any atom is 0.165 e. The summed E-state index contributed by atoms with van der Waals surface area (Å²) in [4.78, 5) is 0. The highest BCUT2D eigenvalue weighted by Gasteiger charge is 2.36. The minimum absolute atomic E-state index is 0.000697. The molecule has 3 aromatic carbocycles. The smallest absolute Gasteiger partial charge is 0.165 e. The molecule has 0 radical (unpaired) electrons. The van der Waals surface area contributed by atoms with Gasteiger partial charge >= 0.3 is 0 Å². The number of rotatable bonds is 7. The summed E-state index contributed by atoms with van der Waals surface area (Å²) in [5, 5.41) is 6.12. The number of allylic oxidation sites excluding steroid dienone is 1. The molecule has 0 aromatic heterocycles. The molecule has 0 fully saturated rings. The van der Waals surface area contributed by atoms with Gasteiger partial charge in [0.15, 0.2) is 11.6 Å². The lowest BCUT2D eigenvalue weighted by atomic mass is 9.73. The van der Waals surface area contributed by atoms with Crippen molar-refractivity contribution in [3.8, 4) is 0 Å². The Morgan fingerprint density at radius 1 is 0.838 bits per heavy atom. The van der Waals surface area contributed by atoms with Crippen LogP contribution in [0.25, 0.3) is 5.70 Å². The van der Waals surface area contributed by atoms with E-state index in [2.05, 4.69) is 23.8 Å². The van der Waals surface area contributed by atoms with Gasteiger partial charge in [-0.2, -0.15) is 0 Å². The van der Waals surface area contributed by atoms with Crippen LogP contribution in [0.1, 0.15) is 48.9 Å². The molecule has 0 spiro atoms. The van der Waals surface area contributed by atoms with E-state index in [1.807, 2.05) is 0 Å². The predicted octanol–water partition coefficient (Wildman–Crippen LogP) is 9.49. The van der Waals surface area contributed by atoms with E-state index in [1.165, 1.54) is 19.9 Å². The second kappa shape index (κ2) is 10.6. The van der Waals surface area contributed by atoms with Gasteiger partial charge in [-0.3, -0.25) is 0 Å². The van der Waals surface area contributed by atoms with E-state index in [1.54, 1.807) is 39.0 Å². The van der Waals surface area contributed by atoms with Crippen molar-refractivity contribution >= 4 is 28.7 Å². The fraction of sp³-hybridized carbons (Fsp3) is 0.241. The van der Waals surface area contributed by atoms with Crippen LogP contribution in [-0.4, -0.2) is 0 Å². The van der Waals surface area contributed by atoms with Crippen LogP contribution in [0.2, 0.25) is 5.02 Å². The lowest BCUT2D eigenvalue weighted by Crippen LogP contribution is -2.26. The van der Waals surface area contributed by atoms with Gasteiger partial charge in [0.1, 0.15) is 17.5 Å². The quantitative estimate of drug-likeness (QED) is 0.233. The second-order valence-corrected chi connectivity index (χ2v) is 10.4. The summed E-state index contributed by atoms with van der Waals surface area (Å²) < 4.78 is 72.3. The first-order chi connectivity index (χ1) is 17.1. The van der Waals surface area contributed by atoms with E-state index < -0.39 is 46.0 Å². The fourth-order valence-electron chi connectivity index (χ4n) is 4.21. The van der Waals surface area contributed by atoms with E-state index >= 15 is 8.78 Å². The van der Waals surface area contributed by atoms with Gasteiger partial charge in [0.25, 0.3) is 0 Å². The SMILES string of the molecule is C=C(Nc1ccc(F)cc1F)c1cc(NC(=C)C(c2c(F)c(C)c(C)c(F)c2F)C(C)(C)C)ccc1Cl. The molecule has 1 unspecified atom stereocenters. The Morgan fingerprint density at radius 3 is 2.05 bits per heavy atom. The third kappa shape index (κ3) is 5.82. The minimum atomic E-state index is -1.25. The molecule has 0 heterocycles. The third-order valence-corrected chi connectivity index (χ3v) is 6.53. The van der Waals surface area contributed by atoms with Crippen LogP contribution in [0.5, 0.6) is 0 Å². The number of benzene rings is 3. The van der Waals surface area contributed by atoms with Crippen molar-refractivity contribution in [2.24, 2.45) is 5.41 Å². The number of halogens is 6. The van der Waals surface area contributed by atoms with Gasteiger partial charge in [-0.15, -0.1) is 0 Å². The van der Waals surface area contributed by atoms with Crippen LogP contribution in [0.4, 0.5) is 33.3 Å². The molecular formula is C29H28ClF5N2. The molecule has 0 saturated carbocycles. The van der Waals surface area contributed by atoms with Gasteiger partial charge in [-0.1, -0.05) is 45.5 Å². The molecule has 2 nitrogen and oxygen atoms in total. The summed E-state index contributed by atoms with van der Waals surface area (Å²) in [5.41, 5.74) is 0.0844. The Bertz CT molecular complexity index is 1360. The zero-order chi connectivity index (χ0) is 27.8. The van der Waals surface area contributed by atoms with Crippen molar-refractivity contribution in [1.29, 1.82) is 0 Å². The molecule has 2 N–H and O–H groups in total. The molecule has 3 aromatic rings. The van der Waals surface area contributed by atoms with Gasteiger partial charge in [0.2, 0.25) is 0 Å². The first-order valence-electron chi connectivity index (χ1n) is 11.4. The maximum atomic E-state index is 15.3. The monoisotopic (exact) mass is 534 g/mol. The van der Waals surface area contributed by atoms with Crippen LogP contribution in [0, 0.1) is 48.3 Å². The number of nitrogens with one attached hydrogen (secondary N) is 2. The highest BCUT2D eigenvalue weighted by atomic mass is 35.5. The van der Waals surface area contributed by atoms with Gasteiger partial charge < -0.3 is 10.6 Å². The Balaban J connectivity index is 1.97. The van der Waals surface area contributed by atoms with E-state index in [0.29, 0.717) is 11.3 Å². The van der Waals surface area contributed by atoms with Crippen LogP contribution in [0.3, 0.4) is 0 Å². The molecule has 0 aliphatic carbocycles. The molecule has 0 amide bonds. The molecule has 0 aliphatic rings. The summed E-state index contributed by atoms with van der Waals surface area (Å²) >= 11 is 6.34. The lowest BCUT2D eigenvalue weighted by Gasteiger charge is -2.34. The summed E-state index contributed by atoms with van der Waals surface area (Å²) in [6.45, 7) is 16.0. The van der Waals surface area contributed by atoms with Crippen molar-refractivity contribution in [3.05, 3.63) is 112 Å². The van der Waals surface area contributed by atoms with Gasteiger partial charge in [-0.05, 0) is 60.7 Å². The predicted molar refractivity (Wildman–Crippen MR) is 141 cm³/mol. The van der Waals surface area contributed by atoms with Crippen LogP contribution < -0.4 is 10.6 Å². The van der Waals surface area contributed by atoms with E-state index in [-0.39, 0.29) is 33.2 Å². The Hall–Kier alpha value is -3.32. The van der Waals surface area contributed by atoms with Crippen molar-refractivity contribution in [2.75, 3.05) is 10.6 Å². The first-order valence-corrected chi connectivity index (χ1v) is 11.8. The molecule has 1 atom stereocenters. The van der Waals surface area contributed by atoms with Gasteiger partial charge in [0.05, 0.1) is 10.7 Å². The van der Waals surface area contributed by atoms with Crippen LogP contribution >= 0.6 is 11.6 Å². The third-order valence-electron chi connectivity index (χ3n) is 6.20. The van der Waals surface area contributed by atoms with Crippen molar-refractivity contribution < 1.29 is 22.0 Å². The number of hydrogen-bond acceptors (Lipinski definition) is 2. The average molecular weight is 535 g/mol. The number of anilines is 2. The highest BCUT2D eigenvalue weighted by Crippen LogP contribution is 2.44. The molecule has 196 valence electrons. The highest BCUT2D eigenvalue weighted by molar-refractivity contribution is 6.32. The minimum Gasteiger partial charge on any atom is -0.359 e.